The highest BCUT2D eigenvalue weighted by Gasteiger charge is 2.11. The summed E-state index contributed by atoms with van der Waals surface area (Å²) in [5.41, 5.74) is 4.10. The maximum absolute atomic E-state index is 12.7. The molecular formula is C26H19N3O2. The number of carbonyl (C=O) groups excluding carboxylic acids is 1. The van der Waals surface area contributed by atoms with Crippen LogP contribution < -0.4 is 4.74 Å². The van der Waals surface area contributed by atoms with Crippen LogP contribution in [-0.4, -0.2) is 22.2 Å². The molecule has 0 fully saturated rings. The fourth-order valence-corrected chi connectivity index (χ4v) is 3.14. The van der Waals surface area contributed by atoms with Crippen molar-refractivity contribution in [2.24, 2.45) is 0 Å². The summed E-state index contributed by atoms with van der Waals surface area (Å²) in [4.78, 5) is 12.7. The van der Waals surface area contributed by atoms with Gasteiger partial charge in [0.15, 0.2) is 12.4 Å². The molecule has 0 saturated heterocycles. The van der Waals surface area contributed by atoms with Crippen LogP contribution in [0.15, 0.2) is 97.2 Å². The highest BCUT2D eigenvalue weighted by Crippen LogP contribution is 2.25. The monoisotopic (exact) mass is 405 g/mol. The molecule has 0 aliphatic heterocycles. The number of allylic oxidation sites excluding steroid dienone is 1. The molecule has 0 amide bonds. The molecule has 0 N–H and O–H groups in total. The number of hydrogen-bond acceptors (Lipinski definition) is 4. The van der Waals surface area contributed by atoms with E-state index in [1.807, 2.05) is 77.6 Å². The maximum atomic E-state index is 12.7. The highest BCUT2D eigenvalue weighted by atomic mass is 16.5. The van der Waals surface area contributed by atoms with E-state index < -0.39 is 0 Å². The smallest absolute Gasteiger partial charge is 0.185 e. The molecule has 0 unspecified atom stereocenters. The molecule has 3 aromatic carbocycles. The summed E-state index contributed by atoms with van der Waals surface area (Å²) in [6, 6.07) is 28.4. The normalized spacial score (nSPS) is 10.7. The lowest BCUT2D eigenvalue weighted by atomic mass is 10.1. The van der Waals surface area contributed by atoms with Crippen molar-refractivity contribution < 1.29 is 9.53 Å². The molecule has 4 rings (SSSR count). The van der Waals surface area contributed by atoms with E-state index in [4.69, 9.17) is 15.1 Å². The summed E-state index contributed by atoms with van der Waals surface area (Å²) in [5, 5.41) is 13.3. The van der Waals surface area contributed by atoms with Gasteiger partial charge < -0.3 is 4.74 Å². The average molecular weight is 405 g/mol. The summed E-state index contributed by atoms with van der Waals surface area (Å²) in [6.07, 6.45) is 5.25. The molecule has 0 aliphatic rings. The van der Waals surface area contributed by atoms with Gasteiger partial charge in [-0.25, -0.2) is 4.68 Å². The Morgan fingerprint density at radius 2 is 1.65 bits per heavy atom. The van der Waals surface area contributed by atoms with Crippen LogP contribution in [0.2, 0.25) is 0 Å². The van der Waals surface area contributed by atoms with Gasteiger partial charge >= 0.3 is 0 Å². The van der Waals surface area contributed by atoms with Gasteiger partial charge in [-0.3, -0.25) is 4.79 Å². The molecule has 1 aromatic heterocycles. The van der Waals surface area contributed by atoms with Crippen LogP contribution >= 0.6 is 0 Å². The minimum Gasteiger partial charge on any atom is -0.479 e. The summed E-state index contributed by atoms with van der Waals surface area (Å²) < 4.78 is 7.04. The number of ether oxygens (including phenoxy) is 1. The first-order chi connectivity index (χ1) is 15.2. The molecule has 1 heterocycles. The second-order valence-electron chi connectivity index (χ2n) is 6.75. The lowest BCUT2D eigenvalue weighted by Crippen LogP contribution is -1.96. The molecule has 0 atom stereocenters. The molecule has 0 saturated carbocycles. The molecule has 5 heteroatoms. The van der Waals surface area contributed by atoms with E-state index in [0.717, 1.165) is 22.5 Å². The van der Waals surface area contributed by atoms with Gasteiger partial charge in [-0.15, -0.1) is 0 Å². The van der Waals surface area contributed by atoms with Crippen LogP contribution in [-0.2, 0) is 0 Å². The minimum atomic E-state index is -0.127. The number of aromatic nitrogens is 2. The van der Waals surface area contributed by atoms with Gasteiger partial charge in [-0.2, -0.15) is 10.4 Å². The molecule has 0 spiro atoms. The first kappa shape index (κ1) is 19.9. The van der Waals surface area contributed by atoms with E-state index >= 15 is 0 Å². The number of nitriles is 1. The Morgan fingerprint density at radius 3 is 2.32 bits per heavy atom. The van der Waals surface area contributed by atoms with E-state index in [1.54, 1.807) is 36.4 Å². The average Bonchev–Trinajstić information content (AvgIpc) is 3.27. The third kappa shape index (κ3) is 4.77. The van der Waals surface area contributed by atoms with E-state index in [0.29, 0.717) is 11.3 Å². The van der Waals surface area contributed by atoms with Crippen LogP contribution in [0.4, 0.5) is 0 Å². The number of para-hydroxylation sites is 1. The van der Waals surface area contributed by atoms with Crippen molar-refractivity contribution in [2.75, 3.05) is 6.61 Å². The zero-order valence-electron chi connectivity index (χ0n) is 16.7. The van der Waals surface area contributed by atoms with Crippen molar-refractivity contribution in [3.8, 4) is 28.8 Å². The second-order valence-corrected chi connectivity index (χ2v) is 6.75. The van der Waals surface area contributed by atoms with Crippen LogP contribution in [0.5, 0.6) is 5.75 Å². The van der Waals surface area contributed by atoms with Gasteiger partial charge in [-0.05, 0) is 48.6 Å². The van der Waals surface area contributed by atoms with Crippen molar-refractivity contribution in [3.05, 3.63) is 108 Å². The van der Waals surface area contributed by atoms with Crippen molar-refractivity contribution in [2.45, 2.75) is 0 Å². The standard InChI is InChI=1S/C26H19N3O2/c27-17-18-31-24-14-11-20(12-15-24)25(30)16-13-22-19-29(23-9-5-2-6-10-23)28-26(22)21-7-3-1-4-8-21/h1-16,19H,18H2/b16-13+. The van der Waals surface area contributed by atoms with E-state index in [1.165, 1.54) is 0 Å². The first-order valence-corrected chi connectivity index (χ1v) is 9.77. The Morgan fingerprint density at radius 1 is 0.968 bits per heavy atom. The number of nitrogens with zero attached hydrogens (tertiary/aromatic N) is 3. The molecule has 4 aromatic rings. The molecule has 0 aliphatic carbocycles. The molecule has 0 bridgehead atoms. The Bertz CT molecular complexity index is 1240. The summed E-state index contributed by atoms with van der Waals surface area (Å²) >= 11 is 0. The van der Waals surface area contributed by atoms with Gasteiger partial charge in [0, 0.05) is 22.9 Å². The number of ketones is 1. The van der Waals surface area contributed by atoms with E-state index in [9.17, 15) is 4.79 Å². The van der Waals surface area contributed by atoms with Crippen LogP contribution in [0.25, 0.3) is 23.0 Å². The van der Waals surface area contributed by atoms with Crippen LogP contribution in [0, 0.1) is 11.3 Å². The lowest BCUT2D eigenvalue weighted by Gasteiger charge is -2.02. The Labute approximate surface area is 180 Å². The first-order valence-electron chi connectivity index (χ1n) is 9.77. The van der Waals surface area contributed by atoms with Crippen molar-refractivity contribution in [3.63, 3.8) is 0 Å². The molecule has 5 nitrogen and oxygen atoms in total. The topological polar surface area (TPSA) is 67.9 Å². The van der Waals surface area contributed by atoms with Gasteiger partial charge in [-0.1, -0.05) is 48.5 Å². The van der Waals surface area contributed by atoms with Crippen LogP contribution in [0.3, 0.4) is 0 Å². The third-order valence-electron chi connectivity index (χ3n) is 4.67. The fraction of sp³-hybridized carbons (Fsp3) is 0.0385. The van der Waals surface area contributed by atoms with E-state index in [2.05, 4.69) is 0 Å². The molecular weight excluding hydrogens is 386 g/mol. The predicted octanol–water partition coefficient (Wildman–Crippen LogP) is 5.34. The number of rotatable bonds is 7. The molecule has 150 valence electrons. The molecule has 0 radical (unpaired) electrons. The Kier molecular flexibility index (Phi) is 6.01. The zero-order valence-corrected chi connectivity index (χ0v) is 16.7. The fourth-order valence-electron chi connectivity index (χ4n) is 3.14. The summed E-state index contributed by atoms with van der Waals surface area (Å²) in [5.74, 6) is 0.427. The van der Waals surface area contributed by atoms with Gasteiger partial charge in [0.25, 0.3) is 0 Å². The minimum absolute atomic E-state index is 0.0269. The van der Waals surface area contributed by atoms with Crippen molar-refractivity contribution >= 4 is 11.9 Å². The molecule has 31 heavy (non-hydrogen) atoms. The second kappa shape index (κ2) is 9.38. The largest absolute Gasteiger partial charge is 0.479 e. The zero-order chi connectivity index (χ0) is 21.5. The summed E-state index contributed by atoms with van der Waals surface area (Å²) in [7, 11) is 0. The van der Waals surface area contributed by atoms with Crippen molar-refractivity contribution in [1.29, 1.82) is 5.26 Å². The maximum Gasteiger partial charge on any atom is 0.185 e. The van der Waals surface area contributed by atoms with Crippen molar-refractivity contribution in [1.82, 2.24) is 9.78 Å². The highest BCUT2D eigenvalue weighted by molar-refractivity contribution is 6.07. The number of benzene rings is 3. The predicted molar refractivity (Wildman–Crippen MR) is 120 cm³/mol. The number of hydrogen-bond donors (Lipinski definition) is 0. The quantitative estimate of drug-likeness (QED) is 0.307. The van der Waals surface area contributed by atoms with Gasteiger partial charge in [0.05, 0.1) is 11.4 Å². The number of carbonyl (C=O) groups is 1. The third-order valence-corrected chi connectivity index (χ3v) is 4.67. The van der Waals surface area contributed by atoms with Crippen LogP contribution in [0.1, 0.15) is 15.9 Å². The Balaban J connectivity index is 1.62. The summed E-state index contributed by atoms with van der Waals surface area (Å²) in [6.45, 7) is -0.0269. The van der Waals surface area contributed by atoms with Gasteiger partial charge in [0.2, 0.25) is 0 Å². The van der Waals surface area contributed by atoms with E-state index in [-0.39, 0.29) is 12.4 Å². The van der Waals surface area contributed by atoms with Gasteiger partial charge in [0.1, 0.15) is 11.8 Å². The SMILES string of the molecule is N#CCOc1ccc(C(=O)/C=C/c2cn(-c3ccccc3)nc2-c2ccccc2)cc1. The Hall–Kier alpha value is -4.43. The lowest BCUT2D eigenvalue weighted by molar-refractivity contribution is 0.104.